The Labute approximate surface area is 129 Å². The second-order valence-electron chi connectivity index (χ2n) is 6.50. The van der Waals surface area contributed by atoms with E-state index in [1.54, 1.807) is 18.7 Å². The summed E-state index contributed by atoms with van der Waals surface area (Å²) in [5.74, 6) is -0.0916. The van der Waals surface area contributed by atoms with Gasteiger partial charge in [0.2, 0.25) is 5.95 Å². The van der Waals surface area contributed by atoms with Gasteiger partial charge in [0.25, 0.3) is 0 Å². The van der Waals surface area contributed by atoms with Gasteiger partial charge < -0.3 is 9.67 Å². The molecule has 2 aromatic heterocycles. The lowest BCUT2D eigenvalue weighted by Crippen LogP contribution is -2.26. The van der Waals surface area contributed by atoms with E-state index in [2.05, 4.69) is 9.97 Å². The molecule has 0 spiro atoms. The van der Waals surface area contributed by atoms with E-state index < -0.39 is 5.95 Å². The Balaban J connectivity index is 1.63. The Morgan fingerprint density at radius 2 is 2.09 bits per heavy atom. The molecule has 0 radical (unpaired) electrons. The quantitative estimate of drug-likeness (QED) is 0.885. The Hall–Kier alpha value is -1.75. The topological polar surface area (TPSA) is 50.9 Å². The highest BCUT2D eigenvalue weighted by Crippen LogP contribution is 2.42. The van der Waals surface area contributed by atoms with Gasteiger partial charge in [-0.3, -0.25) is 0 Å². The average Bonchev–Trinajstić information content (AvgIpc) is 3.11. The largest absolute Gasteiger partial charge is 0.393 e. The second-order valence-corrected chi connectivity index (χ2v) is 6.50. The molecule has 116 valence electrons. The Bertz CT molecular complexity index is 678. The monoisotopic (exact) mass is 301 g/mol. The number of halogens is 1. The fourth-order valence-corrected chi connectivity index (χ4v) is 4.03. The molecule has 2 atom stereocenters. The van der Waals surface area contributed by atoms with Gasteiger partial charge in [-0.25, -0.2) is 9.97 Å². The lowest BCUT2D eigenvalue weighted by molar-refractivity contribution is 0.0686. The number of rotatable bonds is 3. The standard InChI is InChI=1S/C17H20FN3O/c18-17-6-12-13(8-20-17)15-9-19-10-21(15)14(12)7-16(22)11-4-2-1-3-5-11/h6,8-11,14,16,22H,1-5,7H2. The summed E-state index contributed by atoms with van der Waals surface area (Å²) in [5.41, 5.74) is 2.81. The number of aliphatic hydroxyl groups excluding tert-OH is 1. The van der Waals surface area contributed by atoms with Gasteiger partial charge >= 0.3 is 0 Å². The van der Waals surface area contributed by atoms with Crippen LogP contribution in [0.15, 0.2) is 24.8 Å². The van der Waals surface area contributed by atoms with Crippen LogP contribution >= 0.6 is 0 Å². The van der Waals surface area contributed by atoms with Gasteiger partial charge in [0.05, 0.1) is 30.4 Å². The molecule has 5 heteroatoms. The number of hydrogen-bond acceptors (Lipinski definition) is 3. The number of fused-ring (bicyclic) bond motifs is 3. The van der Waals surface area contributed by atoms with E-state index in [0.717, 1.165) is 29.7 Å². The minimum Gasteiger partial charge on any atom is -0.393 e. The maximum absolute atomic E-state index is 13.6. The third-order valence-electron chi connectivity index (χ3n) is 5.20. The predicted molar refractivity (Wildman–Crippen MR) is 80.8 cm³/mol. The summed E-state index contributed by atoms with van der Waals surface area (Å²) in [7, 11) is 0. The van der Waals surface area contributed by atoms with Crippen molar-refractivity contribution in [2.75, 3.05) is 0 Å². The lowest BCUT2D eigenvalue weighted by Gasteiger charge is -2.29. The number of aliphatic hydroxyl groups is 1. The van der Waals surface area contributed by atoms with E-state index in [1.807, 2.05) is 4.57 Å². The Morgan fingerprint density at radius 3 is 2.91 bits per heavy atom. The first-order valence-electron chi connectivity index (χ1n) is 8.10. The van der Waals surface area contributed by atoms with Crippen molar-refractivity contribution in [3.05, 3.63) is 36.3 Å². The molecule has 1 N–H and O–H groups in total. The Kier molecular flexibility index (Phi) is 3.45. The molecule has 1 aliphatic carbocycles. The molecule has 0 amide bonds. The molecule has 0 saturated heterocycles. The molecule has 4 rings (SSSR count). The highest BCUT2D eigenvalue weighted by atomic mass is 19.1. The van der Waals surface area contributed by atoms with Crippen LogP contribution in [0.5, 0.6) is 0 Å². The zero-order valence-electron chi connectivity index (χ0n) is 12.5. The lowest BCUT2D eigenvalue weighted by atomic mass is 9.82. The van der Waals surface area contributed by atoms with Crippen molar-refractivity contribution in [3.8, 4) is 11.3 Å². The van der Waals surface area contributed by atoms with Crippen LogP contribution in [0, 0.1) is 11.9 Å². The minimum atomic E-state index is -0.463. The summed E-state index contributed by atoms with van der Waals surface area (Å²) in [6.45, 7) is 0. The molecule has 22 heavy (non-hydrogen) atoms. The van der Waals surface area contributed by atoms with E-state index >= 15 is 0 Å². The third kappa shape index (κ3) is 2.24. The van der Waals surface area contributed by atoms with Crippen molar-refractivity contribution in [1.82, 2.24) is 14.5 Å². The number of imidazole rings is 1. The van der Waals surface area contributed by atoms with Crippen molar-refractivity contribution in [2.45, 2.75) is 50.7 Å². The molecular formula is C17H20FN3O. The number of aromatic nitrogens is 3. The molecule has 0 bridgehead atoms. The smallest absolute Gasteiger partial charge is 0.213 e. The van der Waals surface area contributed by atoms with Crippen molar-refractivity contribution < 1.29 is 9.50 Å². The first-order valence-corrected chi connectivity index (χ1v) is 8.10. The summed E-state index contributed by atoms with van der Waals surface area (Å²) in [5, 5.41) is 10.6. The minimum absolute atomic E-state index is 0.0399. The molecular weight excluding hydrogens is 281 g/mol. The van der Waals surface area contributed by atoms with E-state index in [9.17, 15) is 9.50 Å². The molecule has 2 aliphatic rings. The normalized spacial score (nSPS) is 22.4. The number of hydrogen-bond donors (Lipinski definition) is 1. The van der Waals surface area contributed by atoms with Crippen LogP contribution in [0.25, 0.3) is 11.3 Å². The molecule has 2 aromatic rings. The highest BCUT2D eigenvalue weighted by Gasteiger charge is 2.33. The van der Waals surface area contributed by atoms with Crippen LogP contribution in [-0.2, 0) is 0 Å². The van der Waals surface area contributed by atoms with E-state index in [1.165, 1.54) is 25.3 Å². The van der Waals surface area contributed by atoms with E-state index in [-0.39, 0.29) is 12.1 Å². The average molecular weight is 301 g/mol. The van der Waals surface area contributed by atoms with Crippen LogP contribution in [0.3, 0.4) is 0 Å². The predicted octanol–water partition coefficient (Wildman–Crippen LogP) is 3.32. The van der Waals surface area contributed by atoms with Crippen LogP contribution < -0.4 is 0 Å². The SMILES string of the molecule is OC(CC1c2cc(F)ncc2-c2cncn21)C1CCCCC1. The molecule has 3 heterocycles. The molecule has 2 unspecified atom stereocenters. The van der Waals surface area contributed by atoms with Crippen LogP contribution in [0.1, 0.15) is 50.1 Å². The summed E-state index contributed by atoms with van der Waals surface area (Å²) >= 11 is 0. The van der Waals surface area contributed by atoms with Gasteiger partial charge in [0, 0.05) is 11.8 Å². The van der Waals surface area contributed by atoms with Crippen LogP contribution in [-0.4, -0.2) is 25.7 Å². The van der Waals surface area contributed by atoms with Gasteiger partial charge in [-0.05, 0) is 36.8 Å². The second kappa shape index (κ2) is 5.47. The summed E-state index contributed by atoms with van der Waals surface area (Å²) in [6.07, 6.45) is 11.3. The summed E-state index contributed by atoms with van der Waals surface area (Å²) in [4.78, 5) is 7.96. The third-order valence-corrected chi connectivity index (χ3v) is 5.20. The summed E-state index contributed by atoms with van der Waals surface area (Å²) < 4.78 is 15.6. The zero-order valence-corrected chi connectivity index (χ0v) is 12.5. The maximum Gasteiger partial charge on any atom is 0.213 e. The fraction of sp³-hybridized carbons (Fsp3) is 0.529. The van der Waals surface area contributed by atoms with Crippen LogP contribution in [0.4, 0.5) is 4.39 Å². The maximum atomic E-state index is 13.6. The van der Waals surface area contributed by atoms with Crippen molar-refractivity contribution >= 4 is 0 Å². The first kappa shape index (κ1) is 13.9. The van der Waals surface area contributed by atoms with Gasteiger partial charge in [-0.15, -0.1) is 0 Å². The van der Waals surface area contributed by atoms with Gasteiger partial charge in [-0.1, -0.05) is 19.3 Å². The van der Waals surface area contributed by atoms with Crippen molar-refractivity contribution in [2.24, 2.45) is 5.92 Å². The molecule has 1 fully saturated rings. The van der Waals surface area contributed by atoms with Crippen molar-refractivity contribution in [3.63, 3.8) is 0 Å². The zero-order chi connectivity index (χ0) is 15.1. The van der Waals surface area contributed by atoms with E-state index in [4.69, 9.17) is 0 Å². The van der Waals surface area contributed by atoms with Gasteiger partial charge in [-0.2, -0.15) is 4.39 Å². The van der Waals surface area contributed by atoms with Gasteiger partial charge in [0.15, 0.2) is 0 Å². The van der Waals surface area contributed by atoms with Crippen molar-refractivity contribution in [1.29, 1.82) is 0 Å². The molecule has 4 nitrogen and oxygen atoms in total. The molecule has 1 aliphatic heterocycles. The highest BCUT2D eigenvalue weighted by molar-refractivity contribution is 5.67. The van der Waals surface area contributed by atoms with E-state index in [0.29, 0.717) is 12.3 Å². The first-order chi connectivity index (χ1) is 10.7. The molecule has 0 aromatic carbocycles. The number of pyridine rings is 1. The fourth-order valence-electron chi connectivity index (χ4n) is 4.03. The van der Waals surface area contributed by atoms with Gasteiger partial charge in [0.1, 0.15) is 0 Å². The summed E-state index contributed by atoms with van der Waals surface area (Å²) in [6, 6.07) is 1.46. The molecule has 1 saturated carbocycles. The van der Waals surface area contributed by atoms with Crippen LogP contribution in [0.2, 0.25) is 0 Å². The Morgan fingerprint density at radius 1 is 1.27 bits per heavy atom. The number of nitrogens with zero attached hydrogens (tertiary/aromatic N) is 3.